The van der Waals surface area contributed by atoms with E-state index in [0.29, 0.717) is 6.61 Å². The minimum Gasteiger partial charge on any atom is -0.494 e. The van der Waals surface area contributed by atoms with Crippen molar-refractivity contribution in [3.8, 4) is 17.2 Å². The number of fused-ring (bicyclic) bond motifs is 1. The van der Waals surface area contributed by atoms with E-state index in [1.165, 1.54) is 0 Å². The van der Waals surface area contributed by atoms with Gasteiger partial charge < -0.3 is 14.2 Å². The van der Waals surface area contributed by atoms with Crippen LogP contribution in [0, 0.1) is 0 Å². The molecular formula is C17H22O3. The van der Waals surface area contributed by atoms with Crippen molar-refractivity contribution in [3.05, 3.63) is 30.3 Å². The standard InChI is InChI=1S/C17H22O3/c1-4-8-19-15-7-6-13-11-17(20-9-5-2)16(18-3)12-14(13)10-15/h6-7,10-12H,4-5,8-9H2,1-3H3. The van der Waals surface area contributed by atoms with Gasteiger partial charge in [0.05, 0.1) is 20.3 Å². The van der Waals surface area contributed by atoms with E-state index in [1.807, 2.05) is 24.3 Å². The molecule has 3 nitrogen and oxygen atoms in total. The first-order valence-electron chi connectivity index (χ1n) is 7.15. The maximum atomic E-state index is 5.72. The van der Waals surface area contributed by atoms with E-state index >= 15 is 0 Å². The minimum atomic E-state index is 0.694. The zero-order valence-corrected chi connectivity index (χ0v) is 12.4. The lowest BCUT2D eigenvalue weighted by Gasteiger charge is -2.12. The molecule has 0 spiro atoms. The van der Waals surface area contributed by atoms with Crippen LogP contribution in [0.5, 0.6) is 17.2 Å². The highest BCUT2D eigenvalue weighted by molar-refractivity contribution is 5.87. The van der Waals surface area contributed by atoms with Gasteiger partial charge in [0, 0.05) is 0 Å². The molecule has 0 atom stereocenters. The van der Waals surface area contributed by atoms with Gasteiger partial charge in [-0.25, -0.2) is 0 Å². The van der Waals surface area contributed by atoms with E-state index in [-0.39, 0.29) is 0 Å². The van der Waals surface area contributed by atoms with Crippen LogP contribution in [0.2, 0.25) is 0 Å². The van der Waals surface area contributed by atoms with Crippen molar-refractivity contribution in [3.63, 3.8) is 0 Å². The van der Waals surface area contributed by atoms with Gasteiger partial charge in [-0.2, -0.15) is 0 Å². The van der Waals surface area contributed by atoms with Crippen LogP contribution in [0.3, 0.4) is 0 Å². The fraction of sp³-hybridized carbons (Fsp3) is 0.412. The van der Waals surface area contributed by atoms with E-state index < -0.39 is 0 Å². The van der Waals surface area contributed by atoms with Gasteiger partial charge in [-0.3, -0.25) is 0 Å². The topological polar surface area (TPSA) is 27.7 Å². The molecule has 108 valence electrons. The van der Waals surface area contributed by atoms with E-state index in [0.717, 1.165) is 47.5 Å². The molecule has 0 unspecified atom stereocenters. The lowest BCUT2D eigenvalue weighted by atomic mass is 10.1. The molecule has 2 aromatic carbocycles. The summed E-state index contributed by atoms with van der Waals surface area (Å²) in [6.45, 7) is 5.62. The summed E-state index contributed by atoms with van der Waals surface area (Å²) in [5, 5.41) is 2.22. The van der Waals surface area contributed by atoms with Gasteiger partial charge in [0.25, 0.3) is 0 Å². The van der Waals surface area contributed by atoms with Crippen molar-refractivity contribution in [2.75, 3.05) is 20.3 Å². The SMILES string of the molecule is CCCOc1ccc2cc(OCCC)c(OC)cc2c1. The van der Waals surface area contributed by atoms with Gasteiger partial charge in [-0.1, -0.05) is 19.9 Å². The summed E-state index contributed by atoms with van der Waals surface area (Å²) < 4.78 is 16.8. The number of rotatable bonds is 7. The monoisotopic (exact) mass is 274 g/mol. The second-order valence-corrected chi connectivity index (χ2v) is 4.71. The van der Waals surface area contributed by atoms with Gasteiger partial charge in [0.15, 0.2) is 11.5 Å². The number of hydrogen-bond acceptors (Lipinski definition) is 3. The van der Waals surface area contributed by atoms with Crippen LogP contribution in [-0.2, 0) is 0 Å². The summed E-state index contributed by atoms with van der Waals surface area (Å²) in [5.41, 5.74) is 0. The Kier molecular flexibility index (Phi) is 5.10. The predicted molar refractivity (Wildman–Crippen MR) is 82.1 cm³/mol. The van der Waals surface area contributed by atoms with Crippen LogP contribution < -0.4 is 14.2 Å². The highest BCUT2D eigenvalue weighted by Crippen LogP contribution is 2.34. The summed E-state index contributed by atoms with van der Waals surface area (Å²) >= 11 is 0. The summed E-state index contributed by atoms with van der Waals surface area (Å²) in [6.07, 6.45) is 1.98. The number of hydrogen-bond donors (Lipinski definition) is 0. The minimum absolute atomic E-state index is 0.694. The van der Waals surface area contributed by atoms with Crippen molar-refractivity contribution < 1.29 is 14.2 Å². The Morgan fingerprint density at radius 3 is 2.20 bits per heavy atom. The molecule has 0 aliphatic heterocycles. The summed E-state index contributed by atoms with van der Waals surface area (Å²) in [7, 11) is 1.66. The molecule has 0 N–H and O–H groups in total. The molecular weight excluding hydrogens is 252 g/mol. The average molecular weight is 274 g/mol. The fourth-order valence-corrected chi connectivity index (χ4v) is 2.03. The van der Waals surface area contributed by atoms with Crippen LogP contribution in [0.25, 0.3) is 10.8 Å². The molecule has 0 bridgehead atoms. The third-order valence-electron chi connectivity index (χ3n) is 3.03. The fourth-order valence-electron chi connectivity index (χ4n) is 2.03. The van der Waals surface area contributed by atoms with Gasteiger partial charge in [0.2, 0.25) is 0 Å². The smallest absolute Gasteiger partial charge is 0.161 e. The van der Waals surface area contributed by atoms with Crippen LogP contribution in [0.4, 0.5) is 0 Å². The lowest BCUT2D eigenvalue weighted by Crippen LogP contribution is -1.98. The van der Waals surface area contributed by atoms with Gasteiger partial charge in [-0.05, 0) is 47.9 Å². The van der Waals surface area contributed by atoms with Crippen LogP contribution in [0.1, 0.15) is 26.7 Å². The molecule has 0 fully saturated rings. The Morgan fingerprint density at radius 1 is 0.800 bits per heavy atom. The molecule has 0 radical (unpaired) electrons. The van der Waals surface area contributed by atoms with Crippen molar-refractivity contribution >= 4 is 10.8 Å². The van der Waals surface area contributed by atoms with Gasteiger partial charge in [0.1, 0.15) is 5.75 Å². The molecule has 0 aromatic heterocycles. The third kappa shape index (κ3) is 3.35. The van der Waals surface area contributed by atoms with E-state index in [9.17, 15) is 0 Å². The molecule has 0 saturated heterocycles. The Labute approximate surface area is 120 Å². The average Bonchev–Trinajstić information content (AvgIpc) is 2.49. The van der Waals surface area contributed by atoms with Gasteiger partial charge >= 0.3 is 0 Å². The molecule has 20 heavy (non-hydrogen) atoms. The second-order valence-electron chi connectivity index (χ2n) is 4.71. The molecule has 2 aromatic rings. The molecule has 0 saturated carbocycles. The van der Waals surface area contributed by atoms with E-state index in [2.05, 4.69) is 19.9 Å². The molecule has 0 amide bonds. The zero-order chi connectivity index (χ0) is 14.4. The van der Waals surface area contributed by atoms with Crippen LogP contribution >= 0.6 is 0 Å². The summed E-state index contributed by atoms with van der Waals surface area (Å²) in [4.78, 5) is 0. The Hall–Kier alpha value is -1.90. The predicted octanol–water partition coefficient (Wildman–Crippen LogP) is 4.43. The van der Waals surface area contributed by atoms with Crippen molar-refractivity contribution in [1.29, 1.82) is 0 Å². The molecule has 0 aliphatic carbocycles. The summed E-state index contributed by atoms with van der Waals surface area (Å²) in [5.74, 6) is 2.45. The lowest BCUT2D eigenvalue weighted by molar-refractivity contribution is 0.295. The van der Waals surface area contributed by atoms with Crippen molar-refractivity contribution in [2.24, 2.45) is 0 Å². The zero-order valence-electron chi connectivity index (χ0n) is 12.4. The van der Waals surface area contributed by atoms with Crippen molar-refractivity contribution in [2.45, 2.75) is 26.7 Å². The number of benzene rings is 2. The van der Waals surface area contributed by atoms with Crippen LogP contribution in [0.15, 0.2) is 30.3 Å². The first-order valence-corrected chi connectivity index (χ1v) is 7.15. The number of methoxy groups -OCH3 is 1. The maximum absolute atomic E-state index is 5.72. The normalized spacial score (nSPS) is 10.6. The highest BCUT2D eigenvalue weighted by Gasteiger charge is 2.07. The molecule has 3 heteroatoms. The molecule has 2 rings (SSSR count). The Balaban J connectivity index is 2.34. The molecule has 0 heterocycles. The van der Waals surface area contributed by atoms with Gasteiger partial charge in [-0.15, -0.1) is 0 Å². The van der Waals surface area contributed by atoms with Crippen LogP contribution in [-0.4, -0.2) is 20.3 Å². The van der Waals surface area contributed by atoms with E-state index in [4.69, 9.17) is 14.2 Å². The quantitative estimate of drug-likeness (QED) is 0.747. The van der Waals surface area contributed by atoms with E-state index in [1.54, 1.807) is 7.11 Å². The Bertz CT molecular complexity index is 563. The number of ether oxygens (including phenoxy) is 3. The molecule has 0 aliphatic rings. The highest BCUT2D eigenvalue weighted by atomic mass is 16.5. The first kappa shape index (κ1) is 14.5. The summed E-state index contributed by atoms with van der Waals surface area (Å²) in [6, 6.07) is 10.1. The first-order chi connectivity index (χ1) is 9.78. The Morgan fingerprint density at radius 2 is 1.50 bits per heavy atom. The maximum Gasteiger partial charge on any atom is 0.161 e. The van der Waals surface area contributed by atoms with Crippen molar-refractivity contribution in [1.82, 2.24) is 0 Å². The largest absolute Gasteiger partial charge is 0.494 e. The third-order valence-corrected chi connectivity index (χ3v) is 3.03. The second kappa shape index (κ2) is 7.04.